The minimum absolute atomic E-state index is 0.0404. The third kappa shape index (κ3) is 4.56. The van der Waals surface area contributed by atoms with E-state index in [1.807, 2.05) is 4.98 Å². The van der Waals surface area contributed by atoms with E-state index in [1.54, 1.807) is 0 Å². The molecule has 0 fully saturated rings. The van der Waals surface area contributed by atoms with Gasteiger partial charge in [-0.1, -0.05) is 12.6 Å². The van der Waals surface area contributed by atoms with Crippen molar-refractivity contribution >= 4 is 23.2 Å². The van der Waals surface area contributed by atoms with Gasteiger partial charge in [-0.25, -0.2) is 0 Å². The minimum atomic E-state index is -4.67. The molecule has 2 amide bonds. The molecular formula is C16H12F3N3O3. The lowest BCUT2D eigenvalue weighted by molar-refractivity contribution is -0.137. The Morgan fingerprint density at radius 1 is 1.16 bits per heavy atom. The summed E-state index contributed by atoms with van der Waals surface area (Å²) in [4.78, 5) is 36.9. The van der Waals surface area contributed by atoms with Crippen molar-refractivity contribution in [1.82, 2.24) is 4.98 Å². The summed E-state index contributed by atoms with van der Waals surface area (Å²) in [6, 6.07) is 6.19. The zero-order valence-corrected chi connectivity index (χ0v) is 12.6. The maximum atomic E-state index is 12.7. The van der Waals surface area contributed by atoms with Crippen molar-refractivity contribution in [3.8, 4) is 0 Å². The summed E-state index contributed by atoms with van der Waals surface area (Å²) in [5.74, 6) is -1.30. The molecule has 0 saturated heterocycles. The van der Waals surface area contributed by atoms with Crippen molar-refractivity contribution in [3.63, 3.8) is 0 Å². The van der Waals surface area contributed by atoms with Gasteiger partial charge in [0.2, 0.25) is 5.91 Å². The number of carbonyl (C=O) groups excluding carboxylic acids is 2. The zero-order chi connectivity index (χ0) is 18.6. The first kappa shape index (κ1) is 18.0. The number of carbonyl (C=O) groups is 2. The minimum Gasteiger partial charge on any atom is -0.327 e. The molecule has 9 heteroatoms. The lowest BCUT2D eigenvalue weighted by Crippen LogP contribution is -2.21. The quantitative estimate of drug-likeness (QED) is 0.740. The number of pyridine rings is 1. The molecule has 6 nitrogen and oxygen atoms in total. The second kappa shape index (κ2) is 7.04. The van der Waals surface area contributed by atoms with Crippen LogP contribution in [0.1, 0.15) is 15.9 Å². The first-order chi connectivity index (χ1) is 11.7. The monoisotopic (exact) mass is 351 g/mol. The Balaban J connectivity index is 2.25. The van der Waals surface area contributed by atoms with Crippen LogP contribution in [0.4, 0.5) is 24.5 Å². The fraction of sp³-hybridized carbons (Fsp3) is 0.0625. The number of H-pyrrole nitrogens is 1. The zero-order valence-electron chi connectivity index (χ0n) is 12.6. The van der Waals surface area contributed by atoms with Crippen LogP contribution in [0.15, 0.2) is 54.0 Å². The normalized spacial score (nSPS) is 10.8. The Morgan fingerprint density at radius 2 is 1.88 bits per heavy atom. The Kier molecular flexibility index (Phi) is 5.06. The van der Waals surface area contributed by atoms with E-state index in [9.17, 15) is 27.6 Å². The molecule has 3 N–H and O–H groups in total. The van der Waals surface area contributed by atoms with E-state index in [4.69, 9.17) is 0 Å². The number of amides is 2. The van der Waals surface area contributed by atoms with Crippen LogP contribution in [-0.4, -0.2) is 16.8 Å². The lowest BCUT2D eigenvalue weighted by Gasteiger charge is -2.10. The number of aromatic nitrogens is 1. The fourth-order valence-electron chi connectivity index (χ4n) is 1.87. The highest BCUT2D eigenvalue weighted by Gasteiger charge is 2.31. The highest BCUT2D eigenvalue weighted by Crippen LogP contribution is 2.29. The second-order valence-corrected chi connectivity index (χ2v) is 4.86. The first-order valence-corrected chi connectivity index (χ1v) is 6.85. The van der Waals surface area contributed by atoms with Crippen molar-refractivity contribution in [2.45, 2.75) is 6.18 Å². The largest absolute Gasteiger partial charge is 0.417 e. The molecule has 0 bridgehead atoms. The number of anilines is 2. The van der Waals surface area contributed by atoms with Crippen LogP contribution in [0.25, 0.3) is 0 Å². The Hall–Kier alpha value is -3.36. The van der Waals surface area contributed by atoms with Gasteiger partial charge in [0.15, 0.2) is 0 Å². The van der Waals surface area contributed by atoms with E-state index in [0.29, 0.717) is 12.3 Å². The predicted molar refractivity (Wildman–Crippen MR) is 85.3 cm³/mol. The topological polar surface area (TPSA) is 91.1 Å². The van der Waals surface area contributed by atoms with Gasteiger partial charge in [-0.05, 0) is 30.3 Å². The van der Waals surface area contributed by atoms with Crippen molar-refractivity contribution in [2.75, 3.05) is 10.6 Å². The van der Waals surface area contributed by atoms with Gasteiger partial charge in [-0.15, -0.1) is 0 Å². The van der Waals surface area contributed by atoms with Crippen LogP contribution in [0.5, 0.6) is 0 Å². The lowest BCUT2D eigenvalue weighted by atomic mass is 10.1. The third-order valence-electron chi connectivity index (χ3n) is 3.06. The summed E-state index contributed by atoms with van der Waals surface area (Å²) in [5, 5.41) is 4.56. The number of hydrogen-bond donors (Lipinski definition) is 3. The summed E-state index contributed by atoms with van der Waals surface area (Å²) in [7, 11) is 0. The molecule has 0 radical (unpaired) electrons. The highest BCUT2D eigenvalue weighted by atomic mass is 19.4. The van der Waals surface area contributed by atoms with Gasteiger partial charge in [0.1, 0.15) is 5.69 Å². The van der Waals surface area contributed by atoms with Crippen LogP contribution < -0.4 is 16.2 Å². The summed E-state index contributed by atoms with van der Waals surface area (Å²) < 4.78 is 38.1. The van der Waals surface area contributed by atoms with Crippen LogP contribution in [-0.2, 0) is 11.0 Å². The summed E-state index contributed by atoms with van der Waals surface area (Å²) in [5.41, 5.74) is -2.19. The Bertz CT molecular complexity index is 888. The molecule has 0 saturated carbocycles. The molecular weight excluding hydrogens is 339 g/mol. The van der Waals surface area contributed by atoms with Crippen molar-refractivity contribution in [2.24, 2.45) is 0 Å². The Morgan fingerprint density at radius 3 is 2.52 bits per heavy atom. The van der Waals surface area contributed by atoms with Crippen molar-refractivity contribution < 1.29 is 22.8 Å². The molecule has 1 heterocycles. The Labute approximate surface area is 139 Å². The molecule has 1 aromatic heterocycles. The summed E-state index contributed by atoms with van der Waals surface area (Å²) in [6.07, 6.45) is -3.11. The van der Waals surface area contributed by atoms with E-state index < -0.39 is 34.8 Å². The van der Waals surface area contributed by atoms with Crippen LogP contribution in [0.2, 0.25) is 0 Å². The smallest absolute Gasteiger partial charge is 0.327 e. The van der Waals surface area contributed by atoms with E-state index in [-0.39, 0.29) is 11.3 Å². The van der Waals surface area contributed by atoms with Gasteiger partial charge in [-0.2, -0.15) is 13.2 Å². The molecule has 2 rings (SSSR count). The first-order valence-electron chi connectivity index (χ1n) is 6.85. The number of nitrogens with one attached hydrogen (secondary N) is 3. The average molecular weight is 351 g/mol. The van der Waals surface area contributed by atoms with E-state index in [1.165, 1.54) is 24.3 Å². The molecule has 0 spiro atoms. The number of alkyl halides is 3. The van der Waals surface area contributed by atoms with Gasteiger partial charge >= 0.3 is 6.18 Å². The van der Waals surface area contributed by atoms with E-state index in [0.717, 1.165) is 6.08 Å². The molecule has 0 aliphatic rings. The number of hydrogen-bond acceptors (Lipinski definition) is 3. The van der Waals surface area contributed by atoms with Crippen LogP contribution >= 0.6 is 0 Å². The van der Waals surface area contributed by atoms with Crippen molar-refractivity contribution in [1.29, 1.82) is 0 Å². The number of benzene rings is 1. The number of halogens is 3. The molecule has 0 aliphatic carbocycles. The van der Waals surface area contributed by atoms with Gasteiger partial charge in [0.25, 0.3) is 11.5 Å². The van der Waals surface area contributed by atoms with Gasteiger partial charge in [0.05, 0.1) is 5.56 Å². The van der Waals surface area contributed by atoms with Crippen LogP contribution in [0, 0.1) is 0 Å². The van der Waals surface area contributed by atoms with Crippen molar-refractivity contribution in [3.05, 3.63) is 70.7 Å². The molecule has 0 unspecified atom stereocenters. The molecule has 25 heavy (non-hydrogen) atoms. The SMILES string of the molecule is C=CC(=O)Nc1cccc(C(=O)Nc2cc(C(F)(F)F)c[nH]c2=O)c1. The standard InChI is InChI=1S/C16H12F3N3O3/c1-2-13(23)21-11-5-3-4-9(6-11)14(24)22-12-7-10(16(17,18)19)8-20-15(12)25/h2-8H,1H2,(H,20,25)(H,21,23)(H,22,24). The molecule has 1 aromatic carbocycles. The second-order valence-electron chi connectivity index (χ2n) is 4.86. The molecule has 130 valence electrons. The molecule has 0 atom stereocenters. The third-order valence-corrected chi connectivity index (χ3v) is 3.06. The average Bonchev–Trinajstić information content (AvgIpc) is 2.55. The molecule has 0 aliphatic heterocycles. The van der Waals surface area contributed by atoms with Gasteiger partial charge in [-0.3, -0.25) is 14.4 Å². The van der Waals surface area contributed by atoms with E-state index in [2.05, 4.69) is 17.2 Å². The molecule has 2 aromatic rings. The van der Waals surface area contributed by atoms with E-state index >= 15 is 0 Å². The van der Waals surface area contributed by atoms with Crippen LogP contribution in [0.3, 0.4) is 0 Å². The highest BCUT2D eigenvalue weighted by molar-refractivity contribution is 6.05. The van der Waals surface area contributed by atoms with Gasteiger partial charge in [0, 0.05) is 17.4 Å². The van der Waals surface area contributed by atoms with Gasteiger partial charge < -0.3 is 15.6 Å². The number of aromatic amines is 1. The summed E-state index contributed by atoms with van der Waals surface area (Å²) >= 11 is 0. The summed E-state index contributed by atoms with van der Waals surface area (Å²) in [6.45, 7) is 3.29. The predicted octanol–water partition coefficient (Wildman–Crippen LogP) is 2.77. The maximum Gasteiger partial charge on any atom is 0.417 e. The fourth-order valence-corrected chi connectivity index (χ4v) is 1.87. The number of rotatable bonds is 4. The maximum absolute atomic E-state index is 12.7.